The summed E-state index contributed by atoms with van der Waals surface area (Å²) in [6.45, 7) is 26.4. The molecule has 0 unspecified atom stereocenters. The number of carbonyl (C=O) groups excluding carboxylic acids is 3. The average Bonchev–Trinajstić information content (AvgIpc) is 3.99. The highest BCUT2D eigenvalue weighted by molar-refractivity contribution is 6.24. The first-order chi connectivity index (χ1) is 30.6. The van der Waals surface area contributed by atoms with Crippen molar-refractivity contribution in [3.63, 3.8) is 0 Å². The maximum absolute atomic E-state index is 14.4. The van der Waals surface area contributed by atoms with Crippen LogP contribution in [0, 0.1) is 56.3 Å². The molecule has 3 aromatic heterocycles. The Hall–Kier alpha value is -5.05. The van der Waals surface area contributed by atoms with Gasteiger partial charge < -0.3 is 29.7 Å². The van der Waals surface area contributed by atoms with Crippen LogP contribution in [0.4, 0.5) is 0 Å². The lowest BCUT2D eigenvalue weighted by atomic mass is 9.85. The highest BCUT2D eigenvalue weighted by Gasteiger charge is 2.48. The number of H-pyrrole nitrogens is 3. The summed E-state index contributed by atoms with van der Waals surface area (Å²) in [6, 6.07) is 0. The molecule has 3 aromatic rings. The van der Waals surface area contributed by atoms with E-state index < -0.39 is 11.9 Å². The molecule has 1 aliphatic carbocycles. The predicted octanol–water partition coefficient (Wildman–Crippen LogP) is 11.1. The van der Waals surface area contributed by atoms with Crippen LogP contribution in [-0.2, 0) is 25.5 Å². The van der Waals surface area contributed by atoms with E-state index in [1.807, 2.05) is 19.1 Å². The second-order valence-corrected chi connectivity index (χ2v) is 19.7. The van der Waals surface area contributed by atoms with Crippen LogP contribution in [0.25, 0.3) is 29.9 Å². The molecular weight excluding hydrogens is 797 g/mol. The monoisotopic (exact) mass is 873 g/mol. The van der Waals surface area contributed by atoms with Gasteiger partial charge in [0.1, 0.15) is 12.5 Å². The van der Waals surface area contributed by atoms with Gasteiger partial charge in [0.15, 0.2) is 5.78 Å². The minimum absolute atomic E-state index is 0.0876. The standard InChI is InChI=1S/C55H76N4O5/c1-13-39-35(8)42-28-44-37(10)41(24-25-48(60)64-27-26-34(7)23-17-22-33(6)21-16-20-32(5)19-15-18-31(3)4)52(58-44)50-51(55(62)63-12)54(61)49-38(11)45(59-53(49)50)30-47-40(14-2)36(9)43(57-47)29-46(39)56-42/h13,26,28-33,37,41,51,56-59H,1,14-25,27H2,2-12H3/b34-26+,43-29-,44-28-,47-30-,52-50-/t32-,33-,37+,41+,51-/m1/s1. The van der Waals surface area contributed by atoms with Crippen molar-refractivity contribution < 1.29 is 23.9 Å². The second kappa shape index (κ2) is 21.3. The molecule has 0 spiro atoms. The van der Waals surface area contributed by atoms with Crippen LogP contribution in [0.2, 0.25) is 0 Å². The van der Waals surface area contributed by atoms with E-state index in [0.29, 0.717) is 23.3 Å². The fourth-order valence-electron chi connectivity index (χ4n) is 10.4. The highest BCUT2D eigenvalue weighted by Crippen LogP contribution is 2.48. The summed E-state index contributed by atoms with van der Waals surface area (Å²) in [5, 5.41) is 5.66. The Morgan fingerprint density at radius 3 is 2.14 bits per heavy atom. The van der Waals surface area contributed by atoms with Gasteiger partial charge in [0.2, 0.25) is 0 Å². The van der Waals surface area contributed by atoms with E-state index in [1.165, 1.54) is 63.2 Å². The van der Waals surface area contributed by atoms with Gasteiger partial charge in [-0.3, -0.25) is 14.4 Å². The smallest absolute Gasteiger partial charge is 0.321 e. The Morgan fingerprint density at radius 2 is 1.48 bits per heavy atom. The largest absolute Gasteiger partial charge is 0.468 e. The maximum atomic E-state index is 14.4. The summed E-state index contributed by atoms with van der Waals surface area (Å²) in [5.74, 6) is -0.275. The van der Waals surface area contributed by atoms with Crippen LogP contribution in [0.5, 0.6) is 0 Å². The number of Topliss-reactive ketones (excluding diaryl/α,β-unsaturated/α-hetero) is 1. The van der Waals surface area contributed by atoms with Crippen molar-refractivity contribution in [2.24, 2.45) is 35.5 Å². The Kier molecular flexibility index (Phi) is 16.1. The number of allylic oxidation sites excluding steroid dienone is 3. The zero-order chi connectivity index (χ0) is 46.4. The lowest BCUT2D eigenvalue weighted by Crippen LogP contribution is -2.25. The summed E-state index contributed by atoms with van der Waals surface area (Å²) in [7, 11) is 1.32. The van der Waals surface area contributed by atoms with Crippen molar-refractivity contribution in [1.29, 1.82) is 0 Å². The predicted molar refractivity (Wildman–Crippen MR) is 262 cm³/mol. The number of rotatable bonds is 20. The molecule has 5 atom stereocenters. The van der Waals surface area contributed by atoms with E-state index in [0.717, 1.165) is 98.4 Å². The molecule has 0 aromatic carbocycles. The molecule has 6 rings (SSSR count). The SMILES string of the molecule is C=Cc1c2[nH]c(c1C)/C=C1\N/C(=C3\c4[nH]c(c(C)c4C(=O)[C@@H]3C(=O)OC)/C=c3\[nH]/c(c(C)c3CC)=C\2)[C@@H](CCC(=O)OC/C=C(\C)CCC[C@H](C)CCC[C@H](C)CCCC(C)C)[C@@H]1C. The number of methoxy groups -OCH3 is 1. The molecule has 0 radical (unpaired) electrons. The molecule has 9 nitrogen and oxygen atoms in total. The molecule has 2 aliphatic heterocycles. The topological polar surface area (TPSA) is 129 Å². The number of hydrogen-bond acceptors (Lipinski definition) is 6. The Balaban J connectivity index is 1.21. The van der Waals surface area contributed by atoms with Gasteiger partial charge in [-0.1, -0.05) is 105 Å². The van der Waals surface area contributed by atoms with Gasteiger partial charge in [0.25, 0.3) is 0 Å². The van der Waals surface area contributed by atoms with Crippen molar-refractivity contribution in [3.8, 4) is 0 Å². The summed E-state index contributed by atoms with van der Waals surface area (Å²) in [6.07, 6.45) is 23.1. The first-order valence-corrected chi connectivity index (χ1v) is 24.2. The molecule has 5 heterocycles. The minimum Gasteiger partial charge on any atom is -0.468 e. The van der Waals surface area contributed by atoms with Gasteiger partial charge in [0.05, 0.1) is 12.8 Å². The maximum Gasteiger partial charge on any atom is 0.321 e. The number of ether oxygens (including phenoxy) is 2. The van der Waals surface area contributed by atoms with Crippen LogP contribution >= 0.6 is 0 Å². The fraction of sp³-hybridized carbons (Fsp3) is 0.545. The lowest BCUT2D eigenvalue weighted by molar-refractivity contribution is -0.143. The Labute approximate surface area is 382 Å². The summed E-state index contributed by atoms with van der Waals surface area (Å²) in [4.78, 5) is 52.4. The molecule has 1 saturated heterocycles. The minimum atomic E-state index is -1.14. The Morgan fingerprint density at radius 1 is 0.828 bits per heavy atom. The molecule has 1 fully saturated rings. The molecule has 8 bridgehead atoms. The van der Waals surface area contributed by atoms with E-state index in [9.17, 15) is 14.4 Å². The molecular formula is C55H76N4O5. The van der Waals surface area contributed by atoms with Crippen molar-refractivity contribution in [2.75, 3.05) is 13.7 Å². The number of esters is 2. The second-order valence-electron chi connectivity index (χ2n) is 19.7. The number of carbonyl (C=O) groups is 3. The van der Waals surface area contributed by atoms with Gasteiger partial charge in [-0.2, -0.15) is 0 Å². The van der Waals surface area contributed by atoms with Crippen LogP contribution in [0.3, 0.4) is 0 Å². The Bertz CT molecular complexity index is 2450. The van der Waals surface area contributed by atoms with Gasteiger partial charge in [-0.05, 0) is 118 Å². The zero-order valence-electron chi connectivity index (χ0n) is 40.8. The van der Waals surface area contributed by atoms with Crippen molar-refractivity contribution in [3.05, 3.63) is 96.5 Å². The number of aromatic nitrogens is 3. The lowest BCUT2D eigenvalue weighted by Gasteiger charge is -2.19. The van der Waals surface area contributed by atoms with E-state index in [4.69, 9.17) is 9.47 Å². The number of hydrogen-bond donors (Lipinski definition) is 4. The molecule has 0 saturated carbocycles. The van der Waals surface area contributed by atoms with Gasteiger partial charge in [0, 0.05) is 74.1 Å². The molecule has 346 valence electrons. The van der Waals surface area contributed by atoms with E-state index >= 15 is 0 Å². The zero-order valence-corrected chi connectivity index (χ0v) is 40.8. The van der Waals surface area contributed by atoms with E-state index in [-0.39, 0.29) is 36.6 Å². The quantitative estimate of drug-likeness (QED) is 0.0508. The number of nitrogens with one attached hydrogen (secondary N) is 4. The number of ketones is 1. The third-order valence-corrected chi connectivity index (χ3v) is 14.6. The highest BCUT2D eigenvalue weighted by atomic mass is 16.5. The first-order valence-electron chi connectivity index (χ1n) is 24.2. The summed E-state index contributed by atoms with van der Waals surface area (Å²) < 4.78 is 11.1. The third-order valence-electron chi connectivity index (χ3n) is 14.6. The van der Waals surface area contributed by atoms with Gasteiger partial charge in [-0.25, -0.2) is 0 Å². The first kappa shape index (κ1) is 48.4. The van der Waals surface area contributed by atoms with Crippen LogP contribution in [0.1, 0.15) is 180 Å². The van der Waals surface area contributed by atoms with E-state index in [2.05, 4.69) is 107 Å². The van der Waals surface area contributed by atoms with Crippen molar-refractivity contribution >= 4 is 47.6 Å². The van der Waals surface area contributed by atoms with Crippen molar-refractivity contribution in [2.45, 2.75) is 146 Å². The fourth-order valence-corrected chi connectivity index (χ4v) is 10.4. The van der Waals surface area contributed by atoms with Gasteiger partial charge >= 0.3 is 11.9 Å². The summed E-state index contributed by atoms with van der Waals surface area (Å²) in [5.41, 5.74) is 12.5. The van der Waals surface area contributed by atoms with Gasteiger partial charge in [-0.15, -0.1) is 0 Å². The normalized spacial score (nSPS) is 22.0. The van der Waals surface area contributed by atoms with Crippen LogP contribution in [0.15, 0.2) is 29.6 Å². The number of fused-ring (bicyclic) bond motifs is 7. The molecule has 3 aliphatic rings. The number of aromatic amines is 3. The molecule has 9 heteroatoms. The van der Waals surface area contributed by atoms with E-state index in [1.54, 1.807) is 0 Å². The average molecular weight is 873 g/mol. The van der Waals surface area contributed by atoms with Crippen LogP contribution < -0.4 is 16.0 Å². The molecule has 64 heavy (non-hydrogen) atoms. The summed E-state index contributed by atoms with van der Waals surface area (Å²) >= 11 is 0. The third kappa shape index (κ3) is 10.6. The van der Waals surface area contributed by atoms with Crippen LogP contribution in [-0.4, -0.2) is 46.4 Å². The molecule has 4 N–H and O–H groups in total. The molecule has 0 amide bonds. The van der Waals surface area contributed by atoms with Crippen molar-refractivity contribution in [1.82, 2.24) is 20.3 Å².